The second-order valence-corrected chi connectivity index (χ2v) is 16.1. The summed E-state index contributed by atoms with van der Waals surface area (Å²) in [5.74, 6) is -2.45. The Bertz CT molecular complexity index is 716. The molecule has 1 aliphatic heterocycles. The van der Waals surface area contributed by atoms with Gasteiger partial charge in [-0.1, -0.05) is 32.4 Å². The van der Waals surface area contributed by atoms with Crippen molar-refractivity contribution in [2.45, 2.75) is 64.7 Å². The summed E-state index contributed by atoms with van der Waals surface area (Å²) in [5, 5.41) is 8.86. The van der Waals surface area contributed by atoms with Gasteiger partial charge in [0.25, 0.3) is 0 Å². The van der Waals surface area contributed by atoms with Gasteiger partial charge >= 0.3 is 5.97 Å². The number of β-lactam (4-membered cyclic amide) rings is 1. The summed E-state index contributed by atoms with van der Waals surface area (Å²) >= 11 is 7.55. The minimum atomic E-state index is -1.97. The lowest BCUT2D eigenvalue weighted by atomic mass is 9.94. The van der Waals surface area contributed by atoms with E-state index < -0.39 is 47.5 Å². The van der Waals surface area contributed by atoms with Gasteiger partial charge in [-0.05, 0) is 48.1 Å². The highest BCUT2D eigenvalue weighted by Gasteiger charge is 2.50. The van der Waals surface area contributed by atoms with Gasteiger partial charge in [0.05, 0.1) is 10.2 Å². The van der Waals surface area contributed by atoms with E-state index in [1.165, 1.54) is 13.8 Å². The minimum Gasteiger partial charge on any atom is -0.477 e. The molecule has 164 valence electrons. The van der Waals surface area contributed by atoms with Crippen LogP contribution in [0.3, 0.4) is 0 Å². The average molecular weight is 482 g/mol. The SMILES string of the molecule is CC(=O)SC(SC(C)=O)=C(C(=O)O)N1C(=O)[C@H](CCO[Si](C)(C)C(C)(C)C)[C@H]1Cl. The number of hydrogen-bond acceptors (Lipinski definition) is 7. The number of likely N-dealkylation sites (tertiary alicyclic amines) is 1. The molecule has 0 aliphatic carbocycles. The number of carbonyl (C=O) groups is 4. The second-order valence-electron chi connectivity index (χ2n) is 8.21. The van der Waals surface area contributed by atoms with E-state index in [0.29, 0.717) is 36.6 Å². The largest absolute Gasteiger partial charge is 0.477 e. The van der Waals surface area contributed by atoms with Crippen LogP contribution in [0.25, 0.3) is 0 Å². The van der Waals surface area contributed by atoms with Crippen LogP contribution in [0.4, 0.5) is 0 Å². The number of rotatable bonds is 8. The van der Waals surface area contributed by atoms with Gasteiger partial charge in [-0.25, -0.2) is 4.79 Å². The van der Waals surface area contributed by atoms with Gasteiger partial charge in [0.1, 0.15) is 5.50 Å². The van der Waals surface area contributed by atoms with Crippen LogP contribution >= 0.6 is 35.1 Å². The second kappa shape index (κ2) is 10.00. The monoisotopic (exact) mass is 481 g/mol. The lowest BCUT2D eigenvalue weighted by Crippen LogP contribution is -2.59. The van der Waals surface area contributed by atoms with E-state index in [4.69, 9.17) is 16.0 Å². The molecular weight excluding hydrogens is 454 g/mol. The van der Waals surface area contributed by atoms with E-state index in [9.17, 15) is 24.3 Å². The van der Waals surface area contributed by atoms with Crippen LogP contribution in [-0.4, -0.2) is 52.5 Å². The van der Waals surface area contributed by atoms with Gasteiger partial charge in [0, 0.05) is 20.5 Å². The number of carboxylic acids is 1. The van der Waals surface area contributed by atoms with Crippen LogP contribution in [0.1, 0.15) is 41.0 Å². The molecule has 1 fully saturated rings. The van der Waals surface area contributed by atoms with Crippen LogP contribution < -0.4 is 0 Å². The van der Waals surface area contributed by atoms with Gasteiger partial charge < -0.3 is 9.53 Å². The van der Waals surface area contributed by atoms with Crippen molar-refractivity contribution in [3.05, 3.63) is 9.93 Å². The first-order valence-corrected chi connectivity index (χ1v) is 14.0. The summed E-state index contributed by atoms with van der Waals surface area (Å²) in [6.07, 6.45) is 0.373. The average Bonchev–Trinajstić information content (AvgIpc) is 2.53. The number of amides is 1. The standard InChI is InChI=1S/C18H28ClNO6S2Si/c1-10(21)27-17(28-11(2)22)13(16(24)25)20-14(19)12(15(20)23)8-9-26-29(6,7)18(3,4)5/h12,14H,8-9H2,1-7H3,(H,24,25)/t12-,14+/m1/s1. The van der Waals surface area contributed by atoms with Gasteiger partial charge in [-0.3, -0.25) is 19.3 Å². The molecule has 0 aromatic carbocycles. The topological polar surface area (TPSA) is 101 Å². The Hall–Kier alpha value is -0.813. The van der Waals surface area contributed by atoms with Crippen molar-refractivity contribution in [3.8, 4) is 0 Å². The molecule has 0 saturated carbocycles. The highest BCUT2D eigenvalue weighted by atomic mass is 35.5. The Morgan fingerprint density at radius 3 is 2.00 bits per heavy atom. The Morgan fingerprint density at radius 1 is 1.17 bits per heavy atom. The van der Waals surface area contributed by atoms with Gasteiger partial charge in [0.15, 0.2) is 24.2 Å². The number of aliphatic carboxylic acids is 1. The van der Waals surface area contributed by atoms with E-state index in [0.717, 1.165) is 4.90 Å². The summed E-state index contributed by atoms with van der Waals surface area (Å²) in [7, 11) is -1.97. The van der Waals surface area contributed by atoms with E-state index in [1.807, 2.05) is 0 Å². The fourth-order valence-corrected chi connectivity index (χ4v) is 5.78. The lowest BCUT2D eigenvalue weighted by Gasteiger charge is -2.44. The molecule has 0 spiro atoms. The molecule has 2 atom stereocenters. The molecule has 1 aliphatic rings. The van der Waals surface area contributed by atoms with Gasteiger partial charge in [0.2, 0.25) is 5.91 Å². The third kappa shape index (κ3) is 6.58. The summed E-state index contributed by atoms with van der Waals surface area (Å²) in [6.45, 7) is 13.4. The lowest BCUT2D eigenvalue weighted by molar-refractivity contribution is -0.153. The summed E-state index contributed by atoms with van der Waals surface area (Å²) < 4.78 is 6.01. The molecule has 0 aromatic rings. The summed E-state index contributed by atoms with van der Waals surface area (Å²) in [6, 6.07) is 0. The summed E-state index contributed by atoms with van der Waals surface area (Å²) in [5.41, 5.74) is -1.32. The van der Waals surface area contributed by atoms with Crippen molar-refractivity contribution < 1.29 is 28.7 Å². The number of thioether (sulfide) groups is 2. The molecule has 0 aromatic heterocycles. The first-order chi connectivity index (χ1) is 13.1. The molecule has 1 heterocycles. The van der Waals surface area contributed by atoms with E-state index in [1.54, 1.807) is 0 Å². The maximum Gasteiger partial charge on any atom is 0.354 e. The molecule has 1 amide bonds. The van der Waals surface area contributed by atoms with E-state index >= 15 is 0 Å². The first-order valence-electron chi connectivity index (χ1n) is 9.05. The third-order valence-corrected chi connectivity index (χ3v) is 11.8. The van der Waals surface area contributed by atoms with Crippen molar-refractivity contribution in [1.82, 2.24) is 4.90 Å². The number of carboxylic acid groups (broad SMARTS) is 1. The van der Waals surface area contributed by atoms with Crippen LogP contribution in [-0.2, 0) is 23.6 Å². The molecule has 7 nitrogen and oxygen atoms in total. The molecule has 1 rings (SSSR count). The summed E-state index contributed by atoms with van der Waals surface area (Å²) in [4.78, 5) is 48.4. The molecule has 0 unspecified atom stereocenters. The molecule has 0 bridgehead atoms. The maximum atomic E-state index is 12.7. The quantitative estimate of drug-likeness (QED) is 0.180. The highest BCUT2D eigenvalue weighted by molar-refractivity contribution is 8.34. The zero-order valence-electron chi connectivity index (χ0n) is 17.7. The normalized spacial score (nSPS) is 19.6. The van der Waals surface area contributed by atoms with E-state index in [2.05, 4.69) is 33.9 Å². The number of carbonyl (C=O) groups excluding carboxylic acids is 3. The van der Waals surface area contributed by atoms with Gasteiger partial charge in [-0.2, -0.15) is 0 Å². The Labute approximate surface area is 186 Å². The number of nitrogens with zero attached hydrogens (tertiary/aromatic N) is 1. The number of alkyl halides is 1. The molecule has 1 N–H and O–H groups in total. The zero-order valence-corrected chi connectivity index (χ0v) is 21.1. The molecule has 29 heavy (non-hydrogen) atoms. The smallest absolute Gasteiger partial charge is 0.354 e. The Balaban J connectivity index is 2.98. The molecule has 11 heteroatoms. The third-order valence-electron chi connectivity index (χ3n) is 4.94. The van der Waals surface area contributed by atoms with Crippen molar-refractivity contribution in [2.75, 3.05) is 6.61 Å². The van der Waals surface area contributed by atoms with Crippen LogP contribution in [0.5, 0.6) is 0 Å². The zero-order chi connectivity index (χ0) is 22.7. The minimum absolute atomic E-state index is 0.0327. The van der Waals surface area contributed by atoms with E-state index in [-0.39, 0.29) is 9.28 Å². The number of halogens is 1. The molecular formula is C18H28ClNO6S2Si. The van der Waals surface area contributed by atoms with Crippen molar-refractivity contribution in [1.29, 1.82) is 0 Å². The predicted octanol–water partition coefficient (Wildman–Crippen LogP) is 4.23. The van der Waals surface area contributed by atoms with Crippen LogP contribution in [0, 0.1) is 5.92 Å². The maximum absolute atomic E-state index is 12.7. The fourth-order valence-electron chi connectivity index (χ4n) is 2.34. The first kappa shape index (κ1) is 26.2. The highest BCUT2D eigenvalue weighted by Crippen LogP contribution is 2.42. The number of hydrogen-bond donors (Lipinski definition) is 1. The van der Waals surface area contributed by atoms with Crippen molar-refractivity contribution in [2.24, 2.45) is 5.92 Å². The van der Waals surface area contributed by atoms with Crippen molar-refractivity contribution >= 4 is 65.5 Å². The van der Waals surface area contributed by atoms with Crippen LogP contribution in [0.15, 0.2) is 9.93 Å². The Kier molecular flexibility index (Phi) is 9.04. The Morgan fingerprint density at radius 2 is 1.66 bits per heavy atom. The molecule has 0 radical (unpaired) electrons. The van der Waals surface area contributed by atoms with Gasteiger partial charge in [-0.15, -0.1) is 0 Å². The fraction of sp³-hybridized carbons (Fsp3) is 0.667. The molecule has 1 saturated heterocycles. The van der Waals surface area contributed by atoms with Crippen molar-refractivity contribution in [3.63, 3.8) is 0 Å². The van der Waals surface area contributed by atoms with Crippen LogP contribution in [0.2, 0.25) is 18.1 Å². The predicted molar refractivity (Wildman–Crippen MR) is 119 cm³/mol.